The monoisotopic (exact) mass is 513 g/mol. The van der Waals surface area contributed by atoms with E-state index in [1.165, 1.54) is 0 Å². The van der Waals surface area contributed by atoms with Crippen LogP contribution in [0.3, 0.4) is 0 Å². The molecule has 0 saturated carbocycles. The van der Waals surface area contributed by atoms with Gasteiger partial charge in [-0.05, 0) is 55.0 Å². The van der Waals surface area contributed by atoms with E-state index < -0.39 is 0 Å². The van der Waals surface area contributed by atoms with Crippen LogP contribution in [-0.2, 0) is 6.54 Å². The highest BCUT2D eigenvalue weighted by molar-refractivity contribution is 9.10. The summed E-state index contributed by atoms with van der Waals surface area (Å²) in [6.45, 7) is 2.64. The minimum absolute atomic E-state index is 0.149. The maximum absolute atomic E-state index is 12.4. The number of rotatable bonds is 6. The molecule has 0 fully saturated rings. The fourth-order valence-electron chi connectivity index (χ4n) is 3.49. The molecule has 0 aliphatic rings. The molecule has 0 atom stereocenters. The molecule has 0 bridgehead atoms. The Morgan fingerprint density at radius 2 is 1.85 bits per heavy atom. The van der Waals surface area contributed by atoms with Crippen LogP contribution < -0.4 is 5.32 Å². The number of hydrogen-bond donors (Lipinski definition) is 1. The van der Waals surface area contributed by atoms with Crippen molar-refractivity contribution in [2.45, 2.75) is 13.5 Å². The minimum Gasteiger partial charge on any atom is -0.332 e. The first kappa shape index (κ1) is 21.8. The van der Waals surface area contributed by atoms with Gasteiger partial charge in [0.15, 0.2) is 0 Å². The summed E-state index contributed by atoms with van der Waals surface area (Å²) in [7, 11) is 0. The zero-order chi connectivity index (χ0) is 23.5. The first-order chi connectivity index (χ1) is 16.5. The molecular formula is C26H20BrN5O2. The molecule has 0 spiro atoms. The van der Waals surface area contributed by atoms with Crippen molar-refractivity contribution in [3.05, 3.63) is 106 Å². The van der Waals surface area contributed by atoms with Crippen LogP contribution in [0, 0.1) is 6.92 Å². The molecule has 8 heteroatoms. The summed E-state index contributed by atoms with van der Waals surface area (Å²) in [6, 6.07) is 22.9. The van der Waals surface area contributed by atoms with Gasteiger partial charge in [-0.3, -0.25) is 4.79 Å². The summed E-state index contributed by atoms with van der Waals surface area (Å²) in [5.74, 6) is 0.763. The van der Waals surface area contributed by atoms with Gasteiger partial charge in [-0.2, -0.15) is 4.98 Å². The molecule has 0 aliphatic carbocycles. The molecule has 34 heavy (non-hydrogen) atoms. The Morgan fingerprint density at radius 1 is 1.06 bits per heavy atom. The number of amides is 1. The zero-order valence-corrected chi connectivity index (χ0v) is 19.9. The third-order valence-corrected chi connectivity index (χ3v) is 5.77. The second-order valence-electron chi connectivity index (χ2n) is 7.88. The standard InChI is InChI=1S/C26H20BrN5O2/c1-17-3-2-4-20(13-17)24-30-26(34-31-24)23-15-32(16-28-23)14-18-5-11-22(12-6-18)29-25(33)19-7-9-21(27)10-8-19/h2-13,15-16H,14H2,1H3,(H,29,33). The number of anilines is 1. The van der Waals surface area contributed by atoms with Crippen molar-refractivity contribution < 1.29 is 9.32 Å². The number of aryl methyl sites for hydroxylation is 1. The van der Waals surface area contributed by atoms with Gasteiger partial charge in [0.2, 0.25) is 5.82 Å². The van der Waals surface area contributed by atoms with E-state index in [1.54, 1.807) is 18.5 Å². The number of carbonyl (C=O) groups excluding carboxylic acids is 1. The minimum atomic E-state index is -0.149. The number of aromatic nitrogens is 4. The van der Waals surface area contributed by atoms with E-state index in [1.807, 2.05) is 78.4 Å². The van der Waals surface area contributed by atoms with Crippen molar-refractivity contribution in [3.8, 4) is 23.0 Å². The Kier molecular flexibility index (Phi) is 6.05. The number of halogens is 1. The van der Waals surface area contributed by atoms with Crippen molar-refractivity contribution in [3.63, 3.8) is 0 Å². The predicted octanol–water partition coefficient (Wildman–Crippen LogP) is 5.97. The molecule has 0 saturated heterocycles. The normalized spacial score (nSPS) is 10.9. The van der Waals surface area contributed by atoms with Gasteiger partial charge in [0.25, 0.3) is 11.8 Å². The van der Waals surface area contributed by atoms with Gasteiger partial charge in [-0.1, -0.05) is 57.0 Å². The number of nitrogens with one attached hydrogen (secondary N) is 1. The van der Waals surface area contributed by atoms with Gasteiger partial charge in [0.05, 0.1) is 6.33 Å². The second kappa shape index (κ2) is 9.44. The van der Waals surface area contributed by atoms with Crippen LogP contribution in [0.1, 0.15) is 21.5 Å². The molecule has 3 aromatic carbocycles. The molecule has 2 heterocycles. The summed E-state index contributed by atoms with van der Waals surface area (Å²) >= 11 is 3.37. The van der Waals surface area contributed by atoms with Gasteiger partial charge in [0, 0.05) is 34.0 Å². The highest BCUT2D eigenvalue weighted by atomic mass is 79.9. The summed E-state index contributed by atoms with van der Waals surface area (Å²) < 4.78 is 8.30. The lowest BCUT2D eigenvalue weighted by molar-refractivity contribution is 0.102. The summed E-state index contributed by atoms with van der Waals surface area (Å²) in [6.07, 6.45) is 3.60. The molecule has 7 nitrogen and oxygen atoms in total. The summed E-state index contributed by atoms with van der Waals surface area (Å²) in [5, 5.41) is 7.00. The molecular weight excluding hydrogens is 494 g/mol. The molecule has 5 aromatic rings. The predicted molar refractivity (Wildman–Crippen MR) is 133 cm³/mol. The molecule has 0 radical (unpaired) electrons. The van der Waals surface area contributed by atoms with Crippen LogP contribution in [0.25, 0.3) is 23.0 Å². The van der Waals surface area contributed by atoms with Crippen LogP contribution in [0.15, 0.2) is 94.3 Å². The Balaban J connectivity index is 1.23. The summed E-state index contributed by atoms with van der Waals surface area (Å²) in [4.78, 5) is 21.3. The van der Waals surface area contributed by atoms with Gasteiger partial charge in [-0.25, -0.2) is 4.98 Å². The fourth-order valence-corrected chi connectivity index (χ4v) is 3.76. The molecule has 5 rings (SSSR count). The molecule has 0 aliphatic heterocycles. The highest BCUT2D eigenvalue weighted by Gasteiger charge is 2.13. The third-order valence-electron chi connectivity index (χ3n) is 5.24. The van der Waals surface area contributed by atoms with Crippen molar-refractivity contribution in [1.82, 2.24) is 19.7 Å². The molecule has 1 amide bonds. The van der Waals surface area contributed by atoms with E-state index in [9.17, 15) is 4.79 Å². The van der Waals surface area contributed by atoms with Crippen LogP contribution in [0.2, 0.25) is 0 Å². The third kappa shape index (κ3) is 4.97. The van der Waals surface area contributed by atoms with Crippen LogP contribution in [-0.4, -0.2) is 25.6 Å². The quantitative estimate of drug-likeness (QED) is 0.302. The van der Waals surface area contributed by atoms with E-state index >= 15 is 0 Å². The summed E-state index contributed by atoms with van der Waals surface area (Å²) in [5.41, 5.74) is 5.05. The second-order valence-corrected chi connectivity index (χ2v) is 8.80. The maximum atomic E-state index is 12.4. The number of nitrogens with zero attached hydrogens (tertiary/aromatic N) is 4. The van der Waals surface area contributed by atoms with Gasteiger partial charge in [-0.15, -0.1) is 0 Å². The van der Waals surface area contributed by atoms with Crippen LogP contribution in [0.4, 0.5) is 5.69 Å². The van der Waals surface area contributed by atoms with Crippen molar-refractivity contribution in [2.75, 3.05) is 5.32 Å². The Bertz CT molecular complexity index is 1440. The van der Waals surface area contributed by atoms with E-state index in [-0.39, 0.29) is 5.91 Å². The number of benzene rings is 3. The van der Waals surface area contributed by atoms with E-state index in [4.69, 9.17) is 4.52 Å². The van der Waals surface area contributed by atoms with Gasteiger partial charge >= 0.3 is 0 Å². The van der Waals surface area contributed by atoms with E-state index in [0.717, 1.165) is 26.9 Å². The maximum Gasteiger partial charge on any atom is 0.278 e. The van der Waals surface area contributed by atoms with Crippen LogP contribution in [0.5, 0.6) is 0 Å². The highest BCUT2D eigenvalue weighted by Crippen LogP contribution is 2.22. The average molecular weight is 514 g/mol. The molecule has 0 unspecified atom stereocenters. The van der Waals surface area contributed by atoms with Crippen molar-refractivity contribution in [1.29, 1.82) is 0 Å². The Hall–Kier alpha value is -4.04. The largest absolute Gasteiger partial charge is 0.332 e. The van der Waals surface area contributed by atoms with Gasteiger partial charge < -0.3 is 14.4 Å². The fraction of sp³-hybridized carbons (Fsp3) is 0.0769. The smallest absolute Gasteiger partial charge is 0.278 e. The molecule has 2 aromatic heterocycles. The topological polar surface area (TPSA) is 85.8 Å². The Morgan fingerprint density at radius 3 is 2.62 bits per heavy atom. The lowest BCUT2D eigenvalue weighted by Crippen LogP contribution is -2.11. The molecule has 1 N–H and O–H groups in total. The van der Waals surface area contributed by atoms with Gasteiger partial charge in [0.1, 0.15) is 5.69 Å². The lowest BCUT2D eigenvalue weighted by Gasteiger charge is -2.07. The van der Waals surface area contributed by atoms with Crippen LogP contribution >= 0.6 is 15.9 Å². The first-order valence-electron chi connectivity index (χ1n) is 10.6. The average Bonchev–Trinajstić information content (AvgIpc) is 3.51. The number of carbonyl (C=O) groups is 1. The number of imidazole rings is 1. The molecule has 168 valence electrons. The van der Waals surface area contributed by atoms with E-state index in [0.29, 0.717) is 29.5 Å². The van der Waals surface area contributed by atoms with E-state index in [2.05, 4.69) is 36.4 Å². The lowest BCUT2D eigenvalue weighted by atomic mass is 10.1. The zero-order valence-electron chi connectivity index (χ0n) is 18.3. The Labute approximate surface area is 204 Å². The first-order valence-corrected chi connectivity index (χ1v) is 11.4. The SMILES string of the molecule is Cc1cccc(-c2noc(-c3cn(Cc4ccc(NC(=O)c5ccc(Br)cc5)cc4)cn3)n2)c1. The number of hydrogen-bond acceptors (Lipinski definition) is 5. The van der Waals surface area contributed by atoms with Crippen molar-refractivity contribution in [2.24, 2.45) is 0 Å². The van der Waals surface area contributed by atoms with Crippen molar-refractivity contribution >= 4 is 27.5 Å².